The largest absolute Gasteiger partial charge is 0.354 e. The molecule has 2 rings (SSSR count). The highest BCUT2D eigenvalue weighted by Gasteiger charge is 2.03. The molecule has 0 atom stereocenters. The number of thioether (sulfide) groups is 1. The van der Waals surface area contributed by atoms with Gasteiger partial charge in [-0.15, -0.1) is 11.8 Å². The van der Waals surface area contributed by atoms with Crippen molar-refractivity contribution in [1.82, 2.24) is 9.97 Å². The molecule has 1 N–H and O–H groups in total. The lowest BCUT2D eigenvalue weighted by Gasteiger charge is -2.06. The highest BCUT2D eigenvalue weighted by molar-refractivity contribution is 7.98. The van der Waals surface area contributed by atoms with Gasteiger partial charge in [0, 0.05) is 23.0 Å². The molecule has 1 aromatic carbocycles. The molecule has 0 saturated heterocycles. The standard InChI is InChI=1S/C14H16ClN3S/c1-3-16-14-17-10(2)8-13(18-14)19-9-11-4-6-12(15)7-5-11/h4-8H,3,9H2,1-2H3,(H,16,17,18). The van der Waals surface area contributed by atoms with Crippen LogP contribution in [0.2, 0.25) is 5.02 Å². The van der Waals surface area contributed by atoms with Crippen molar-refractivity contribution in [3.05, 3.63) is 46.6 Å². The molecule has 0 spiro atoms. The highest BCUT2D eigenvalue weighted by atomic mass is 35.5. The minimum Gasteiger partial charge on any atom is -0.354 e. The van der Waals surface area contributed by atoms with E-state index < -0.39 is 0 Å². The molecular formula is C14H16ClN3S. The number of hydrogen-bond acceptors (Lipinski definition) is 4. The molecule has 5 heteroatoms. The second-order valence-electron chi connectivity index (χ2n) is 4.12. The topological polar surface area (TPSA) is 37.8 Å². The molecule has 0 aliphatic heterocycles. The van der Waals surface area contributed by atoms with Gasteiger partial charge in [0.15, 0.2) is 0 Å². The zero-order chi connectivity index (χ0) is 13.7. The minimum absolute atomic E-state index is 0.695. The first kappa shape index (κ1) is 14.2. The first-order valence-electron chi connectivity index (χ1n) is 6.14. The Morgan fingerprint density at radius 1 is 1.21 bits per heavy atom. The van der Waals surface area contributed by atoms with Crippen LogP contribution in [0.1, 0.15) is 18.2 Å². The van der Waals surface area contributed by atoms with E-state index in [1.165, 1.54) is 5.56 Å². The third kappa shape index (κ3) is 4.40. The lowest BCUT2D eigenvalue weighted by Crippen LogP contribution is -2.03. The maximum atomic E-state index is 5.87. The predicted molar refractivity (Wildman–Crippen MR) is 81.9 cm³/mol. The fourth-order valence-electron chi connectivity index (χ4n) is 1.59. The molecule has 1 heterocycles. The molecule has 2 aromatic rings. The minimum atomic E-state index is 0.695. The van der Waals surface area contributed by atoms with Crippen LogP contribution in [0, 0.1) is 6.92 Å². The van der Waals surface area contributed by atoms with Crippen LogP contribution < -0.4 is 5.32 Å². The summed E-state index contributed by atoms with van der Waals surface area (Å²) < 4.78 is 0. The van der Waals surface area contributed by atoms with Crippen molar-refractivity contribution in [2.45, 2.75) is 24.6 Å². The van der Waals surface area contributed by atoms with Crippen molar-refractivity contribution in [3.63, 3.8) is 0 Å². The molecule has 19 heavy (non-hydrogen) atoms. The van der Waals surface area contributed by atoms with Crippen LogP contribution in [0.15, 0.2) is 35.4 Å². The Labute approximate surface area is 122 Å². The maximum Gasteiger partial charge on any atom is 0.223 e. The number of benzene rings is 1. The van der Waals surface area contributed by atoms with Gasteiger partial charge >= 0.3 is 0 Å². The van der Waals surface area contributed by atoms with Gasteiger partial charge in [-0.05, 0) is 37.6 Å². The molecule has 0 radical (unpaired) electrons. The number of nitrogens with zero attached hydrogens (tertiary/aromatic N) is 2. The van der Waals surface area contributed by atoms with Crippen LogP contribution in [0.4, 0.5) is 5.95 Å². The molecule has 0 fully saturated rings. The van der Waals surface area contributed by atoms with E-state index in [1.54, 1.807) is 11.8 Å². The summed E-state index contributed by atoms with van der Waals surface area (Å²) in [5.41, 5.74) is 2.21. The number of rotatable bonds is 5. The summed E-state index contributed by atoms with van der Waals surface area (Å²) >= 11 is 7.57. The molecule has 3 nitrogen and oxygen atoms in total. The van der Waals surface area contributed by atoms with Gasteiger partial charge in [-0.3, -0.25) is 0 Å². The average Bonchev–Trinajstić information content (AvgIpc) is 2.38. The van der Waals surface area contributed by atoms with Gasteiger partial charge in [-0.1, -0.05) is 23.7 Å². The summed E-state index contributed by atoms with van der Waals surface area (Å²) in [7, 11) is 0. The van der Waals surface area contributed by atoms with E-state index in [0.717, 1.165) is 28.0 Å². The van der Waals surface area contributed by atoms with Crippen molar-refractivity contribution in [2.24, 2.45) is 0 Å². The van der Waals surface area contributed by atoms with Crippen LogP contribution in [-0.4, -0.2) is 16.5 Å². The van der Waals surface area contributed by atoms with Gasteiger partial charge in [0.1, 0.15) is 5.03 Å². The van der Waals surface area contributed by atoms with Gasteiger partial charge < -0.3 is 5.32 Å². The Balaban J connectivity index is 2.04. The predicted octanol–water partition coefficient (Wildman–Crippen LogP) is 4.16. The van der Waals surface area contributed by atoms with Crippen molar-refractivity contribution in [1.29, 1.82) is 0 Å². The van der Waals surface area contributed by atoms with E-state index in [2.05, 4.69) is 15.3 Å². The maximum absolute atomic E-state index is 5.87. The fourth-order valence-corrected chi connectivity index (χ4v) is 2.63. The summed E-state index contributed by atoms with van der Waals surface area (Å²) in [5.74, 6) is 1.57. The quantitative estimate of drug-likeness (QED) is 0.663. The number of aromatic nitrogens is 2. The van der Waals surface area contributed by atoms with Crippen molar-refractivity contribution in [2.75, 3.05) is 11.9 Å². The van der Waals surface area contributed by atoms with Gasteiger partial charge in [-0.25, -0.2) is 9.97 Å². The van der Waals surface area contributed by atoms with Gasteiger partial charge in [0.25, 0.3) is 0 Å². The van der Waals surface area contributed by atoms with Crippen LogP contribution in [0.5, 0.6) is 0 Å². The zero-order valence-electron chi connectivity index (χ0n) is 11.0. The summed E-state index contributed by atoms with van der Waals surface area (Å²) in [6.07, 6.45) is 0. The van der Waals surface area contributed by atoms with Crippen molar-refractivity contribution < 1.29 is 0 Å². The lowest BCUT2D eigenvalue weighted by molar-refractivity contribution is 0.984. The van der Waals surface area contributed by atoms with Crippen LogP contribution in [-0.2, 0) is 5.75 Å². The SMILES string of the molecule is CCNc1nc(C)cc(SCc2ccc(Cl)cc2)n1. The summed E-state index contributed by atoms with van der Waals surface area (Å²) in [6.45, 7) is 4.84. The second kappa shape index (κ2) is 6.78. The first-order valence-corrected chi connectivity index (χ1v) is 7.50. The Kier molecular flexibility index (Phi) is 5.05. The molecule has 0 saturated carbocycles. The Morgan fingerprint density at radius 3 is 2.63 bits per heavy atom. The Morgan fingerprint density at radius 2 is 1.95 bits per heavy atom. The van der Waals surface area contributed by atoms with E-state index in [9.17, 15) is 0 Å². The number of halogens is 1. The monoisotopic (exact) mass is 293 g/mol. The van der Waals surface area contributed by atoms with Gasteiger partial charge in [0.05, 0.1) is 0 Å². The van der Waals surface area contributed by atoms with Gasteiger partial charge in [0.2, 0.25) is 5.95 Å². The normalized spacial score (nSPS) is 10.5. The smallest absolute Gasteiger partial charge is 0.223 e. The zero-order valence-corrected chi connectivity index (χ0v) is 12.6. The Bertz CT molecular complexity index is 543. The third-order valence-electron chi connectivity index (χ3n) is 2.47. The van der Waals surface area contributed by atoms with E-state index in [1.807, 2.05) is 44.2 Å². The first-order chi connectivity index (χ1) is 9.17. The van der Waals surface area contributed by atoms with Crippen LogP contribution in [0.25, 0.3) is 0 Å². The molecule has 100 valence electrons. The fraction of sp³-hybridized carbons (Fsp3) is 0.286. The van der Waals surface area contributed by atoms with E-state index in [4.69, 9.17) is 11.6 Å². The highest BCUT2D eigenvalue weighted by Crippen LogP contribution is 2.23. The molecule has 0 bridgehead atoms. The third-order valence-corrected chi connectivity index (χ3v) is 3.70. The molecule has 0 amide bonds. The lowest BCUT2D eigenvalue weighted by atomic mass is 10.2. The van der Waals surface area contributed by atoms with E-state index in [-0.39, 0.29) is 0 Å². The summed E-state index contributed by atoms with van der Waals surface area (Å²) in [5, 5.41) is 4.89. The number of aryl methyl sites for hydroxylation is 1. The Hall–Kier alpha value is -1.26. The number of anilines is 1. The van der Waals surface area contributed by atoms with E-state index >= 15 is 0 Å². The average molecular weight is 294 g/mol. The second-order valence-corrected chi connectivity index (χ2v) is 5.55. The summed E-state index contributed by atoms with van der Waals surface area (Å²) in [4.78, 5) is 8.81. The van der Waals surface area contributed by atoms with Crippen molar-refractivity contribution in [3.8, 4) is 0 Å². The van der Waals surface area contributed by atoms with Crippen LogP contribution >= 0.6 is 23.4 Å². The van der Waals surface area contributed by atoms with E-state index in [0.29, 0.717) is 5.95 Å². The summed E-state index contributed by atoms with van der Waals surface area (Å²) in [6, 6.07) is 9.89. The number of nitrogens with one attached hydrogen (secondary N) is 1. The molecule has 0 unspecified atom stereocenters. The molecule has 1 aromatic heterocycles. The number of hydrogen-bond donors (Lipinski definition) is 1. The van der Waals surface area contributed by atoms with Crippen LogP contribution in [0.3, 0.4) is 0 Å². The van der Waals surface area contributed by atoms with Gasteiger partial charge in [-0.2, -0.15) is 0 Å². The molecular weight excluding hydrogens is 278 g/mol. The molecule has 0 aliphatic rings. The van der Waals surface area contributed by atoms with Crippen molar-refractivity contribution >= 4 is 29.3 Å². The molecule has 0 aliphatic carbocycles.